The third kappa shape index (κ3) is 3.16. The van der Waals surface area contributed by atoms with Gasteiger partial charge in [0.2, 0.25) is 0 Å². The van der Waals surface area contributed by atoms with Crippen molar-refractivity contribution in [3.8, 4) is 0 Å². The van der Waals surface area contributed by atoms with Crippen LogP contribution in [0.3, 0.4) is 0 Å². The molecule has 2 rings (SSSR count). The molecule has 0 radical (unpaired) electrons. The number of benzene rings is 1. The van der Waals surface area contributed by atoms with E-state index in [1.165, 1.54) is 0 Å². The van der Waals surface area contributed by atoms with Crippen molar-refractivity contribution in [3.05, 3.63) is 35.9 Å². The van der Waals surface area contributed by atoms with Crippen LogP contribution in [0.15, 0.2) is 30.3 Å². The van der Waals surface area contributed by atoms with Crippen molar-refractivity contribution in [1.29, 1.82) is 0 Å². The highest BCUT2D eigenvalue weighted by Crippen LogP contribution is 2.20. The lowest BCUT2D eigenvalue weighted by Gasteiger charge is -2.30. The molecule has 1 saturated heterocycles. The minimum absolute atomic E-state index is 0.0508. The predicted molar refractivity (Wildman–Crippen MR) is 72.2 cm³/mol. The van der Waals surface area contributed by atoms with E-state index in [0.717, 1.165) is 10.5 Å². The van der Waals surface area contributed by atoms with Crippen LogP contribution in [0.2, 0.25) is 0 Å². The average Bonchev–Trinajstić information content (AvgIpc) is 2.77. The molecule has 1 aliphatic rings. The van der Waals surface area contributed by atoms with Crippen molar-refractivity contribution < 1.29 is 20.1 Å². The number of carbonyl (C=O) groups excluding carboxylic acids is 1. The van der Waals surface area contributed by atoms with Crippen molar-refractivity contribution in [2.24, 2.45) is 5.73 Å². The number of aliphatic hydroxyl groups excluding tert-OH is 2. The molecule has 1 heterocycles. The maximum atomic E-state index is 12.1. The Morgan fingerprint density at radius 2 is 2.00 bits per heavy atom. The number of hydrogen-bond donors (Lipinski definition) is 4. The van der Waals surface area contributed by atoms with E-state index in [2.05, 4.69) is 0 Å². The number of aryl methyl sites for hydroxylation is 1. The zero-order chi connectivity index (χ0) is 14.8. The Balaban J connectivity index is 1.97. The topological polar surface area (TPSA) is 107 Å². The summed E-state index contributed by atoms with van der Waals surface area (Å²) in [4.78, 5) is 13.1. The smallest absolute Gasteiger partial charge is 0.271 e. The molecule has 1 aromatic rings. The minimum Gasteiger partial charge on any atom is -0.388 e. The van der Waals surface area contributed by atoms with Crippen LogP contribution in [0.25, 0.3) is 0 Å². The quantitative estimate of drug-likeness (QED) is 0.539. The molecule has 1 fully saturated rings. The van der Waals surface area contributed by atoms with Gasteiger partial charge in [0.25, 0.3) is 5.91 Å². The van der Waals surface area contributed by atoms with E-state index in [1.807, 2.05) is 30.3 Å². The number of aliphatic hydroxyl groups is 3. The maximum absolute atomic E-state index is 12.1. The fraction of sp³-hybridized carbons (Fsp3) is 0.500. The summed E-state index contributed by atoms with van der Waals surface area (Å²) in [7, 11) is 0. The van der Waals surface area contributed by atoms with Crippen LogP contribution >= 0.6 is 0 Å². The van der Waals surface area contributed by atoms with E-state index in [4.69, 9.17) is 5.73 Å². The Kier molecular flexibility index (Phi) is 4.39. The normalized spacial score (nSPS) is 25.5. The molecule has 0 spiro atoms. The third-order valence-corrected chi connectivity index (χ3v) is 3.60. The summed E-state index contributed by atoms with van der Waals surface area (Å²) >= 11 is 0. The number of amides is 1. The fourth-order valence-electron chi connectivity index (χ4n) is 2.32. The van der Waals surface area contributed by atoms with Crippen LogP contribution in [0.5, 0.6) is 0 Å². The molecule has 20 heavy (non-hydrogen) atoms. The second-order valence-electron chi connectivity index (χ2n) is 5.18. The lowest BCUT2D eigenvalue weighted by molar-refractivity contribution is -0.161. The van der Waals surface area contributed by atoms with Gasteiger partial charge in [0.15, 0.2) is 12.0 Å². The van der Waals surface area contributed by atoms with Crippen LogP contribution in [-0.4, -0.2) is 50.7 Å². The SMILES string of the molecule is NC(O)(CCc1ccccc1)C(=O)N1CCC(O)C1O. The van der Waals surface area contributed by atoms with Crippen molar-refractivity contribution in [2.45, 2.75) is 37.3 Å². The Labute approximate surface area is 117 Å². The highest BCUT2D eigenvalue weighted by atomic mass is 16.4. The van der Waals surface area contributed by atoms with Gasteiger partial charge in [-0.05, 0) is 18.4 Å². The van der Waals surface area contributed by atoms with Crippen LogP contribution in [0.1, 0.15) is 18.4 Å². The predicted octanol–water partition coefficient (Wildman–Crippen LogP) is -0.822. The largest absolute Gasteiger partial charge is 0.388 e. The average molecular weight is 280 g/mol. The molecular formula is C14H20N2O4. The molecule has 1 aliphatic heterocycles. The van der Waals surface area contributed by atoms with Crippen LogP contribution in [-0.2, 0) is 11.2 Å². The van der Waals surface area contributed by atoms with Crippen molar-refractivity contribution >= 4 is 5.91 Å². The molecule has 1 amide bonds. The van der Waals surface area contributed by atoms with Gasteiger partial charge in [0.05, 0.1) is 0 Å². The molecule has 1 aromatic carbocycles. The van der Waals surface area contributed by atoms with Gasteiger partial charge in [-0.3, -0.25) is 10.5 Å². The Bertz CT molecular complexity index is 464. The Morgan fingerprint density at radius 3 is 2.55 bits per heavy atom. The van der Waals surface area contributed by atoms with Gasteiger partial charge in [0, 0.05) is 13.0 Å². The molecule has 6 heteroatoms. The molecule has 3 unspecified atom stereocenters. The van der Waals surface area contributed by atoms with Crippen LogP contribution in [0, 0.1) is 0 Å². The molecule has 0 bridgehead atoms. The Hall–Kier alpha value is -1.47. The molecule has 6 nitrogen and oxygen atoms in total. The first kappa shape index (κ1) is 14.9. The second kappa shape index (κ2) is 5.88. The van der Waals surface area contributed by atoms with Gasteiger partial charge in [-0.2, -0.15) is 0 Å². The van der Waals surface area contributed by atoms with Gasteiger partial charge >= 0.3 is 0 Å². The zero-order valence-corrected chi connectivity index (χ0v) is 11.1. The fourth-order valence-corrected chi connectivity index (χ4v) is 2.32. The van der Waals surface area contributed by atoms with E-state index >= 15 is 0 Å². The van der Waals surface area contributed by atoms with Crippen LogP contribution < -0.4 is 5.73 Å². The summed E-state index contributed by atoms with van der Waals surface area (Å²) < 4.78 is 0. The van der Waals surface area contributed by atoms with E-state index in [9.17, 15) is 20.1 Å². The van der Waals surface area contributed by atoms with Gasteiger partial charge in [0.1, 0.15) is 6.10 Å². The van der Waals surface area contributed by atoms with Gasteiger partial charge < -0.3 is 20.2 Å². The molecule has 0 saturated carbocycles. The number of nitrogens with zero attached hydrogens (tertiary/aromatic N) is 1. The lowest BCUT2D eigenvalue weighted by atomic mass is 10.0. The Morgan fingerprint density at radius 1 is 1.35 bits per heavy atom. The van der Waals surface area contributed by atoms with Crippen molar-refractivity contribution in [1.82, 2.24) is 4.90 Å². The minimum atomic E-state index is -2.04. The number of carbonyl (C=O) groups is 1. The van der Waals surface area contributed by atoms with E-state index in [-0.39, 0.29) is 19.4 Å². The van der Waals surface area contributed by atoms with E-state index in [0.29, 0.717) is 6.42 Å². The summed E-state index contributed by atoms with van der Waals surface area (Å²) in [6, 6.07) is 9.38. The third-order valence-electron chi connectivity index (χ3n) is 3.60. The highest BCUT2D eigenvalue weighted by molar-refractivity contribution is 5.84. The summed E-state index contributed by atoms with van der Waals surface area (Å²) in [6.07, 6.45) is -1.50. The van der Waals surface area contributed by atoms with Crippen LogP contribution in [0.4, 0.5) is 0 Å². The first-order chi connectivity index (χ1) is 9.42. The summed E-state index contributed by atoms with van der Waals surface area (Å²) in [5, 5.41) is 29.2. The first-order valence-corrected chi connectivity index (χ1v) is 6.64. The monoisotopic (exact) mass is 280 g/mol. The number of nitrogens with two attached hydrogens (primary N) is 1. The van der Waals surface area contributed by atoms with E-state index in [1.54, 1.807) is 0 Å². The van der Waals surface area contributed by atoms with Crippen molar-refractivity contribution in [3.63, 3.8) is 0 Å². The first-order valence-electron chi connectivity index (χ1n) is 6.64. The standard InChI is InChI=1S/C14H20N2O4/c15-14(20,8-6-10-4-2-1-3-5-10)13(19)16-9-7-11(17)12(16)18/h1-5,11-12,17-18,20H,6-9,15H2. The van der Waals surface area contributed by atoms with Gasteiger partial charge in [-0.1, -0.05) is 30.3 Å². The van der Waals surface area contributed by atoms with Gasteiger partial charge in [-0.25, -0.2) is 0 Å². The summed E-state index contributed by atoms with van der Waals surface area (Å²) in [6.45, 7) is 0.187. The molecule has 0 aliphatic carbocycles. The second-order valence-corrected chi connectivity index (χ2v) is 5.18. The van der Waals surface area contributed by atoms with E-state index < -0.39 is 24.0 Å². The molecule has 110 valence electrons. The molecular weight excluding hydrogens is 260 g/mol. The zero-order valence-electron chi connectivity index (χ0n) is 11.1. The van der Waals surface area contributed by atoms with Gasteiger partial charge in [-0.15, -0.1) is 0 Å². The highest BCUT2D eigenvalue weighted by Gasteiger charge is 2.42. The molecule has 3 atom stereocenters. The number of likely N-dealkylation sites (tertiary alicyclic amines) is 1. The molecule has 0 aromatic heterocycles. The lowest BCUT2D eigenvalue weighted by Crippen LogP contribution is -2.57. The summed E-state index contributed by atoms with van der Waals surface area (Å²) in [5.74, 6) is -0.752. The number of rotatable bonds is 4. The maximum Gasteiger partial charge on any atom is 0.271 e. The van der Waals surface area contributed by atoms with Crippen molar-refractivity contribution in [2.75, 3.05) is 6.54 Å². The summed E-state index contributed by atoms with van der Waals surface area (Å²) in [5.41, 5.74) is 4.59. The molecule has 5 N–H and O–H groups in total. The number of hydrogen-bond acceptors (Lipinski definition) is 5.